The third-order valence-electron chi connectivity index (χ3n) is 0.741. The molecule has 0 aromatic rings. The van der Waals surface area contributed by atoms with E-state index >= 15 is 0 Å². The standard InChI is InChI=1S/C4H3F4NO/c5-3(6,1-2-9)4(7,8)10/h10H,1H2. The van der Waals surface area contributed by atoms with Crippen LogP contribution in [0.3, 0.4) is 0 Å². The van der Waals surface area contributed by atoms with Gasteiger partial charge in [0.15, 0.2) is 0 Å². The Morgan fingerprint density at radius 1 is 1.30 bits per heavy atom. The minimum Gasteiger partial charge on any atom is -0.332 e. The second kappa shape index (κ2) is 2.42. The smallest absolute Gasteiger partial charge is 0.332 e. The van der Waals surface area contributed by atoms with Gasteiger partial charge < -0.3 is 5.11 Å². The quantitative estimate of drug-likeness (QED) is 0.610. The van der Waals surface area contributed by atoms with Crippen LogP contribution in [0.2, 0.25) is 0 Å². The highest BCUT2D eigenvalue weighted by molar-refractivity contribution is 4.86. The summed E-state index contributed by atoms with van der Waals surface area (Å²) >= 11 is 0. The van der Waals surface area contributed by atoms with Crippen LogP contribution in [0.5, 0.6) is 0 Å². The Hall–Kier alpha value is -0.830. The number of nitriles is 1. The van der Waals surface area contributed by atoms with E-state index in [-0.39, 0.29) is 0 Å². The molecule has 2 nitrogen and oxygen atoms in total. The molecule has 0 heterocycles. The van der Waals surface area contributed by atoms with E-state index in [0.717, 1.165) is 6.07 Å². The van der Waals surface area contributed by atoms with Crippen molar-refractivity contribution in [3.05, 3.63) is 0 Å². The fraction of sp³-hybridized carbons (Fsp3) is 0.750. The first-order valence-corrected chi connectivity index (χ1v) is 2.16. The Balaban J connectivity index is 4.28. The van der Waals surface area contributed by atoms with E-state index in [0.29, 0.717) is 0 Å². The largest absolute Gasteiger partial charge is 0.418 e. The number of aliphatic hydroxyl groups is 1. The first-order chi connectivity index (χ1) is 4.31. The van der Waals surface area contributed by atoms with Crippen LogP contribution in [0.15, 0.2) is 0 Å². The van der Waals surface area contributed by atoms with Crippen molar-refractivity contribution in [2.24, 2.45) is 0 Å². The molecule has 0 spiro atoms. The van der Waals surface area contributed by atoms with Crippen LogP contribution in [-0.4, -0.2) is 17.1 Å². The fourth-order valence-electron chi connectivity index (χ4n) is 0.206. The van der Waals surface area contributed by atoms with Crippen molar-refractivity contribution in [3.8, 4) is 6.07 Å². The van der Waals surface area contributed by atoms with Crippen LogP contribution in [0.4, 0.5) is 17.6 Å². The molecule has 0 rings (SSSR count). The lowest BCUT2D eigenvalue weighted by Gasteiger charge is -2.17. The second-order valence-corrected chi connectivity index (χ2v) is 1.58. The van der Waals surface area contributed by atoms with E-state index in [1.165, 1.54) is 0 Å². The third kappa shape index (κ3) is 1.84. The van der Waals surface area contributed by atoms with Gasteiger partial charge in [0, 0.05) is 0 Å². The van der Waals surface area contributed by atoms with Gasteiger partial charge in [-0.1, -0.05) is 0 Å². The van der Waals surface area contributed by atoms with Crippen LogP contribution in [-0.2, 0) is 0 Å². The topological polar surface area (TPSA) is 44.0 Å². The number of rotatable bonds is 2. The molecule has 0 unspecified atom stereocenters. The predicted octanol–water partition coefficient (Wildman–Crippen LogP) is 1.12. The molecule has 0 aromatic carbocycles. The monoisotopic (exact) mass is 157 g/mol. The highest BCUT2D eigenvalue weighted by atomic mass is 19.3. The highest BCUT2D eigenvalue weighted by Crippen LogP contribution is 2.33. The first kappa shape index (κ1) is 9.17. The van der Waals surface area contributed by atoms with Gasteiger partial charge in [0.2, 0.25) is 0 Å². The maximum absolute atomic E-state index is 11.7. The Kier molecular flexibility index (Phi) is 2.22. The first-order valence-electron chi connectivity index (χ1n) is 2.16. The van der Waals surface area contributed by atoms with E-state index in [9.17, 15) is 17.6 Å². The maximum Gasteiger partial charge on any atom is 0.418 e. The number of alkyl halides is 4. The highest BCUT2D eigenvalue weighted by Gasteiger charge is 2.55. The fourth-order valence-corrected chi connectivity index (χ4v) is 0.206. The van der Waals surface area contributed by atoms with Crippen LogP contribution < -0.4 is 0 Å². The Morgan fingerprint density at radius 2 is 1.70 bits per heavy atom. The number of nitrogens with zero attached hydrogens (tertiary/aromatic N) is 1. The summed E-state index contributed by atoms with van der Waals surface area (Å²) in [7, 11) is 0. The molecular formula is C4H3F4NO. The Morgan fingerprint density at radius 3 is 1.80 bits per heavy atom. The lowest BCUT2D eigenvalue weighted by atomic mass is 10.2. The molecule has 0 aliphatic carbocycles. The van der Waals surface area contributed by atoms with Crippen molar-refractivity contribution in [1.29, 1.82) is 5.26 Å². The van der Waals surface area contributed by atoms with E-state index < -0.39 is 18.5 Å². The van der Waals surface area contributed by atoms with Crippen LogP contribution in [0.1, 0.15) is 6.42 Å². The zero-order chi connectivity index (χ0) is 8.41. The zero-order valence-electron chi connectivity index (χ0n) is 4.61. The summed E-state index contributed by atoms with van der Waals surface area (Å²) in [5.41, 5.74) is 0. The molecule has 0 aliphatic heterocycles. The number of hydrogen-bond donors (Lipinski definition) is 1. The zero-order valence-corrected chi connectivity index (χ0v) is 4.61. The van der Waals surface area contributed by atoms with Gasteiger partial charge in [-0.05, 0) is 0 Å². The average Bonchev–Trinajstić information content (AvgIpc) is 1.61. The number of halogens is 4. The molecule has 0 aromatic heterocycles. The molecule has 0 bridgehead atoms. The molecule has 6 heteroatoms. The summed E-state index contributed by atoms with van der Waals surface area (Å²) < 4.78 is 46.1. The third-order valence-corrected chi connectivity index (χ3v) is 0.741. The second-order valence-electron chi connectivity index (χ2n) is 1.58. The minimum atomic E-state index is -5.11. The summed E-state index contributed by atoms with van der Waals surface area (Å²) in [6.07, 6.45) is -6.81. The van der Waals surface area contributed by atoms with Crippen LogP contribution >= 0.6 is 0 Å². The molecule has 0 amide bonds. The SMILES string of the molecule is N#CCC(F)(F)C(O)(F)F. The van der Waals surface area contributed by atoms with Crippen LogP contribution in [0, 0.1) is 11.3 Å². The van der Waals surface area contributed by atoms with Gasteiger partial charge in [-0.15, -0.1) is 0 Å². The Bertz CT molecular complexity index is 156. The lowest BCUT2D eigenvalue weighted by molar-refractivity contribution is -0.323. The van der Waals surface area contributed by atoms with E-state index in [2.05, 4.69) is 0 Å². The molecule has 0 atom stereocenters. The summed E-state index contributed by atoms with van der Waals surface area (Å²) in [6, 6.07) is 0.825. The molecule has 10 heavy (non-hydrogen) atoms. The molecule has 1 N–H and O–H groups in total. The maximum atomic E-state index is 11.7. The Labute approximate surface area is 53.7 Å². The van der Waals surface area contributed by atoms with E-state index in [4.69, 9.17) is 10.4 Å². The summed E-state index contributed by atoms with van der Waals surface area (Å²) in [6.45, 7) is 0. The van der Waals surface area contributed by atoms with Gasteiger partial charge in [-0.2, -0.15) is 22.8 Å². The van der Waals surface area contributed by atoms with Crippen molar-refractivity contribution in [2.75, 3.05) is 0 Å². The van der Waals surface area contributed by atoms with Gasteiger partial charge >= 0.3 is 12.0 Å². The molecule has 0 radical (unpaired) electrons. The van der Waals surface area contributed by atoms with Crippen molar-refractivity contribution < 1.29 is 22.7 Å². The average molecular weight is 157 g/mol. The molecule has 0 saturated carbocycles. The summed E-state index contributed by atoms with van der Waals surface area (Å²) in [5.74, 6) is -4.65. The lowest BCUT2D eigenvalue weighted by Crippen LogP contribution is -2.39. The molecular weight excluding hydrogens is 154 g/mol. The van der Waals surface area contributed by atoms with Gasteiger partial charge in [0.05, 0.1) is 6.07 Å². The summed E-state index contributed by atoms with van der Waals surface area (Å²) in [4.78, 5) is 0. The van der Waals surface area contributed by atoms with Gasteiger partial charge in [0.25, 0.3) is 0 Å². The van der Waals surface area contributed by atoms with E-state index in [1.807, 2.05) is 0 Å². The van der Waals surface area contributed by atoms with Crippen molar-refractivity contribution >= 4 is 0 Å². The van der Waals surface area contributed by atoms with Crippen molar-refractivity contribution in [3.63, 3.8) is 0 Å². The molecule has 58 valence electrons. The van der Waals surface area contributed by atoms with E-state index in [1.54, 1.807) is 0 Å². The summed E-state index contributed by atoms with van der Waals surface area (Å²) in [5, 5.41) is 15.0. The molecule has 0 aliphatic rings. The molecule has 0 fully saturated rings. The predicted molar refractivity (Wildman–Crippen MR) is 22.3 cm³/mol. The van der Waals surface area contributed by atoms with Crippen LogP contribution in [0.25, 0.3) is 0 Å². The minimum absolute atomic E-state index is 0.825. The van der Waals surface area contributed by atoms with Gasteiger partial charge in [0.1, 0.15) is 6.42 Å². The van der Waals surface area contributed by atoms with Gasteiger partial charge in [-0.3, -0.25) is 0 Å². The number of hydrogen-bond acceptors (Lipinski definition) is 2. The molecule has 0 saturated heterocycles. The normalized spacial score (nSPS) is 12.8. The van der Waals surface area contributed by atoms with Crippen molar-refractivity contribution in [2.45, 2.75) is 18.5 Å². The van der Waals surface area contributed by atoms with Crippen molar-refractivity contribution in [1.82, 2.24) is 0 Å². The van der Waals surface area contributed by atoms with Gasteiger partial charge in [-0.25, -0.2) is 0 Å².